The molecule has 0 fully saturated rings. The monoisotopic (exact) mass is 251 g/mol. The maximum atomic E-state index is 5.83. The summed E-state index contributed by atoms with van der Waals surface area (Å²) in [6.45, 7) is 2.39. The highest BCUT2D eigenvalue weighted by atomic mass is 16.5. The Labute approximate surface area is 105 Å². The second-order valence-corrected chi connectivity index (χ2v) is 4.02. The molecule has 0 aliphatic rings. The van der Waals surface area contributed by atoms with Gasteiger partial charge >= 0.3 is 0 Å². The number of methoxy groups -OCH3 is 1. The van der Waals surface area contributed by atoms with Crippen LogP contribution in [-0.2, 0) is 18.2 Å². The minimum Gasteiger partial charge on any atom is -0.383 e. The highest BCUT2D eigenvalue weighted by molar-refractivity contribution is 5.47. The topological polar surface area (TPSA) is 92.0 Å². The largest absolute Gasteiger partial charge is 0.383 e. The van der Waals surface area contributed by atoms with E-state index in [4.69, 9.17) is 15.0 Å². The maximum absolute atomic E-state index is 5.83. The second kappa shape index (κ2) is 5.28. The van der Waals surface area contributed by atoms with Gasteiger partial charge in [0.2, 0.25) is 0 Å². The zero-order valence-electron chi connectivity index (χ0n) is 10.8. The van der Waals surface area contributed by atoms with Crippen LogP contribution in [0.25, 0.3) is 11.6 Å². The molecular formula is C11H17N5O2. The summed E-state index contributed by atoms with van der Waals surface area (Å²) in [5.41, 5.74) is 7.60. The molecule has 2 heterocycles. The van der Waals surface area contributed by atoms with Crippen molar-refractivity contribution in [3.63, 3.8) is 0 Å². The average Bonchev–Trinajstić information content (AvgIpc) is 2.95. The molecule has 1 unspecified atom stereocenters. The van der Waals surface area contributed by atoms with Crippen LogP contribution in [0.5, 0.6) is 0 Å². The zero-order valence-corrected chi connectivity index (χ0v) is 10.8. The van der Waals surface area contributed by atoms with E-state index in [2.05, 4.69) is 15.2 Å². The van der Waals surface area contributed by atoms with Crippen LogP contribution in [0.15, 0.2) is 10.6 Å². The highest BCUT2D eigenvalue weighted by Gasteiger charge is 2.17. The predicted molar refractivity (Wildman–Crippen MR) is 64.7 cm³/mol. The van der Waals surface area contributed by atoms with Crippen LogP contribution in [0.2, 0.25) is 0 Å². The summed E-state index contributed by atoms with van der Waals surface area (Å²) in [6.07, 6.45) is 0.859. The number of hydrogen-bond acceptors (Lipinski definition) is 6. The summed E-state index contributed by atoms with van der Waals surface area (Å²) in [7, 11) is 3.42. The molecular weight excluding hydrogens is 234 g/mol. The third-order valence-corrected chi connectivity index (χ3v) is 2.63. The van der Waals surface area contributed by atoms with E-state index >= 15 is 0 Å². The van der Waals surface area contributed by atoms with Gasteiger partial charge in [0.1, 0.15) is 5.69 Å². The first-order valence-corrected chi connectivity index (χ1v) is 5.77. The Morgan fingerprint density at radius 1 is 1.56 bits per heavy atom. The normalized spacial score (nSPS) is 12.9. The fourth-order valence-corrected chi connectivity index (χ4v) is 1.64. The molecule has 98 valence electrons. The van der Waals surface area contributed by atoms with Crippen molar-refractivity contribution in [2.45, 2.75) is 19.4 Å². The molecule has 1 atom stereocenters. The number of rotatable bonds is 5. The van der Waals surface area contributed by atoms with Crippen molar-refractivity contribution < 1.29 is 9.26 Å². The highest BCUT2D eigenvalue weighted by Crippen LogP contribution is 2.19. The minimum absolute atomic E-state index is 0.352. The summed E-state index contributed by atoms with van der Waals surface area (Å²) in [5.74, 6) is 0.859. The van der Waals surface area contributed by atoms with Crippen LogP contribution in [0.3, 0.4) is 0 Å². The van der Waals surface area contributed by atoms with E-state index < -0.39 is 0 Å². The van der Waals surface area contributed by atoms with Crippen LogP contribution in [-0.4, -0.2) is 33.6 Å². The van der Waals surface area contributed by atoms with E-state index in [1.165, 1.54) is 0 Å². The number of ether oxygens (including phenoxy) is 1. The number of aryl methyl sites for hydroxylation is 2. The van der Waals surface area contributed by atoms with Crippen molar-refractivity contribution in [3.05, 3.63) is 17.6 Å². The summed E-state index contributed by atoms with van der Waals surface area (Å²) in [5, 5.41) is 8.18. The predicted octanol–water partition coefficient (Wildman–Crippen LogP) is 0.679. The average molecular weight is 251 g/mol. The van der Waals surface area contributed by atoms with Crippen LogP contribution in [0.1, 0.15) is 24.5 Å². The lowest BCUT2D eigenvalue weighted by atomic mass is 10.3. The van der Waals surface area contributed by atoms with Gasteiger partial charge in [-0.05, 0) is 12.5 Å². The van der Waals surface area contributed by atoms with Crippen molar-refractivity contribution in [2.24, 2.45) is 12.8 Å². The first kappa shape index (κ1) is 12.7. The molecule has 0 amide bonds. The lowest BCUT2D eigenvalue weighted by Gasteiger charge is -2.03. The Kier molecular flexibility index (Phi) is 3.73. The van der Waals surface area contributed by atoms with E-state index in [9.17, 15) is 0 Å². The van der Waals surface area contributed by atoms with Crippen LogP contribution < -0.4 is 5.73 Å². The molecule has 0 bridgehead atoms. The van der Waals surface area contributed by atoms with Crippen molar-refractivity contribution in [1.82, 2.24) is 19.9 Å². The molecule has 0 aliphatic heterocycles. The molecule has 7 heteroatoms. The molecule has 0 aromatic carbocycles. The Balaban J connectivity index is 2.26. The molecule has 2 aromatic heterocycles. The molecule has 2 rings (SSSR count). The summed E-state index contributed by atoms with van der Waals surface area (Å²) >= 11 is 0. The molecule has 2 N–H and O–H groups in total. The Hall–Kier alpha value is -1.73. The molecule has 7 nitrogen and oxygen atoms in total. The number of aromatic nitrogens is 4. The van der Waals surface area contributed by atoms with E-state index in [1.54, 1.807) is 11.8 Å². The SMILES string of the molecule is CCc1cc(-c2nc(C(N)COC)no2)n(C)n1. The van der Waals surface area contributed by atoms with Gasteiger partial charge in [-0.3, -0.25) is 4.68 Å². The standard InChI is InChI=1S/C11H17N5O2/c1-4-7-5-9(16(2)14-7)11-13-10(15-18-11)8(12)6-17-3/h5,8H,4,6,12H2,1-3H3. The number of nitrogens with zero attached hydrogens (tertiary/aromatic N) is 4. The first-order chi connectivity index (χ1) is 8.65. The van der Waals surface area contributed by atoms with Gasteiger partial charge in [0.15, 0.2) is 5.82 Å². The molecule has 0 radical (unpaired) electrons. The smallest absolute Gasteiger partial charge is 0.276 e. The third-order valence-electron chi connectivity index (χ3n) is 2.63. The van der Waals surface area contributed by atoms with Gasteiger partial charge in [-0.15, -0.1) is 0 Å². The molecule has 0 aliphatic carbocycles. The van der Waals surface area contributed by atoms with Crippen LogP contribution >= 0.6 is 0 Å². The van der Waals surface area contributed by atoms with Crippen LogP contribution in [0, 0.1) is 0 Å². The van der Waals surface area contributed by atoms with Crippen molar-refractivity contribution in [3.8, 4) is 11.6 Å². The Morgan fingerprint density at radius 3 is 2.94 bits per heavy atom. The van der Waals surface area contributed by atoms with Gasteiger partial charge in [0, 0.05) is 14.2 Å². The molecule has 0 saturated carbocycles. The van der Waals surface area contributed by atoms with Gasteiger partial charge in [-0.2, -0.15) is 10.1 Å². The van der Waals surface area contributed by atoms with Gasteiger partial charge in [-0.1, -0.05) is 12.1 Å². The summed E-state index contributed by atoms with van der Waals surface area (Å²) < 4.78 is 11.9. The van der Waals surface area contributed by atoms with Crippen molar-refractivity contribution in [2.75, 3.05) is 13.7 Å². The first-order valence-electron chi connectivity index (χ1n) is 5.77. The van der Waals surface area contributed by atoms with Gasteiger partial charge in [0.05, 0.1) is 18.3 Å². The fourth-order valence-electron chi connectivity index (χ4n) is 1.64. The Morgan fingerprint density at radius 2 is 2.33 bits per heavy atom. The molecule has 0 saturated heterocycles. The van der Waals surface area contributed by atoms with E-state index in [-0.39, 0.29) is 6.04 Å². The van der Waals surface area contributed by atoms with Crippen LogP contribution in [0.4, 0.5) is 0 Å². The van der Waals surface area contributed by atoms with E-state index in [0.717, 1.165) is 17.8 Å². The van der Waals surface area contributed by atoms with E-state index in [1.807, 2.05) is 20.0 Å². The fraction of sp³-hybridized carbons (Fsp3) is 0.545. The maximum Gasteiger partial charge on any atom is 0.276 e. The third kappa shape index (κ3) is 2.41. The van der Waals surface area contributed by atoms with Gasteiger partial charge in [0.25, 0.3) is 5.89 Å². The minimum atomic E-state index is -0.383. The molecule has 2 aromatic rings. The molecule has 0 spiro atoms. The zero-order chi connectivity index (χ0) is 13.1. The van der Waals surface area contributed by atoms with Crippen molar-refractivity contribution >= 4 is 0 Å². The quantitative estimate of drug-likeness (QED) is 0.840. The summed E-state index contributed by atoms with van der Waals surface area (Å²) in [6, 6.07) is 1.55. The van der Waals surface area contributed by atoms with Gasteiger partial charge < -0.3 is 15.0 Å². The van der Waals surface area contributed by atoms with Crippen molar-refractivity contribution in [1.29, 1.82) is 0 Å². The lowest BCUT2D eigenvalue weighted by Crippen LogP contribution is -2.17. The number of hydrogen-bond donors (Lipinski definition) is 1. The number of nitrogens with two attached hydrogens (primary N) is 1. The Bertz CT molecular complexity index is 519. The lowest BCUT2D eigenvalue weighted by molar-refractivity contribution is 0.177. The van der Waals surface area contributed by atoms with E-state index in [0.29, 0.717) is 18.3 Å². The van der Waals surface area contributed by atoms with Gasteiger partial charge in [-0.25, -0.2) is 0 Å². The second-order valence-electron chi connectivity index (χ2n) is 4.02. The molecule has 18 heavy (non-hydrogen) atoms. The summed E-state index contributed by atoms with van der Waals surface area (Å²) in [4.78, 5) is 4.26.